The highest BCUT2D eigenvalue weighted by Crippen LogP contribution is 2.69. The lowest BCUT2D eigenvalue weighted by molar-refractivity contribution is -0.227. The van der Waals surface area contributed by atoms with Gasteiger partial charge in [0.25, 0.3) is 0 Å². The molecule has 0 spiro atoms. The summed E-state index contributed by atoms with van der Waals surface area (Å²) in [5.41, 5.74) is -1.73. The van der Waals surface area contributed by atoms with Crippen LogP contribution in [0, 0.1) is 39.9 Å². The van der Waals surface area contributed by atoms with Crippen LogP contribution in [-0.2, 0) is 9.53 Å². The van der Waals surface area contributed by atoms with Gasteiger partial charge >= 0.3 is 5.97 Å². The molecule has 4 aliphatic rings. The van der Waals surface area contributed by atoms with Gasteiger partial charge in [-0.25, -0.2) is 0 Å². The van der Waals surface area contributed by atoms with Gasteiger partial charge < -0.3 is 20.1 Å². The lowest BCUT2D eigenvalue weighted by Gasteiger charge is -2.64. The zero-order valence-corrected chi connectivity index (χ0v) is 20.2. The van der Waals surface area contributed by atoms with Crippen LogP contribution < -0.4 is 0 Å². The molecule has 5 heteroatoms. The maximum Gasteiger partial charge on any atom is 0.311 e. The number of aliphatic hydroxyl groups excluding tert-OH is 2. The summed E-state index contributed by atoms with van der Waals surface area (Å²) in [5.74, 6) is 0.835. The molecule has 0 aromatic carbocycles. The molecule has 0 heterocycles. The van der Waals surface area contributed by atoms with Crippen LogP contribution in [-0.4, -0.2) is 45.7 Å². The Morgan fingerprint density at radius 2 is 1.77 bits per heavy atom. The van der Waals surface area contributed by atoms with E-state index in [0.29, 0.717) is 11.8 Å². The first-order valence-corrected chi connectivity index (χ1v) is 12.6. The van der Waals surface area contributed by atoms with E-state index in [-0.39, 0.29) is 47.4 Å². The summed E-state index contributed by atoms with van der Waals surface area (Å²) >= 11 is 0. The zero-order valence-electron chi connectivity index (χ0n) is 20.2. The number of rotatable bonds is 3. The molecule has 178 valence electrons. The van der Waals surface area contributed by atoms with E-state index < -0.39 is 11.0 Å². The SMILES string of the molecule is C[C@H](OC(=O)C(C)(C)C)[C@H]1CC[C@]2(O)[C@@H]3CC[C@H]4C[C@@H](O)CC[C@]4(CO)[C@H]3CC[C@]12C. The van der Waals surface area contributed by atoms with Crippen molar-refractivity contribution in [3.8, 4) is 0 Å². The number of hydrogen-bond donors (Lipinski definition) is 3. The highest BCUT2D eigenvalue weighted by molar-refractivity contribution is 5.75. The first-order valence-electron chi connectivity index (χ1n) is 12.6. The van der Waals surface area contributed by atoms with Crippen molar-refractivity contribution in [1.29, 1.82) is 0 Å². The normalized spacial score (nSPS) is 48.3. The average molecular weight is 437 g/mol. The highest BCUT2D eigenvalue weighted by Gasteiger charge is 2.68. The van der Waals surface area contributed by atoms with Gasteiger partial charge in [0.2, 0.25) is 0 Å². The van der Waals surface area contributed by atoms with Gasteiger partial charge in [0, 0.05) is 17.9 Å². The van der Waals surface area contributed by atoms with Crippen molar-refractivity contribution < 1.29 is 24.9 Å². The third kappa shape index (κ3) is 3.40. The van der Waals surface area contributed by atoms with Gasteiger partial charge in [-0.15, -0.1) is 0 Å². The molecule has 4 saturated carbocycles. The molecule has 5 nitrogen and oxygen atoms in total. The summed E-state index contributed by atoms with van der Waals surface area (Å²) in [6.07, 6.45) is 7.46. The molecule has 3 N–H and O–H groups in total. The number of aliphatic hydroxyl groups is 3. The van der Waals surface area contributed by atoms with Gasteiger partial charge in [-0.3, -0.25) is 4.79 Å². The van der Waals surface area contributed by atoms with Gasteiger partial charge in [-0.1, -0.05) is 6.92 Å². The summed E-state index contributed by atoms with van der Waals surface area (Å²) in [6, 6.07) is 0. The van der Waals surface area contributed by atoms with Crippen LogP contribution >= 0.6 is 0 Å². The Morgan fingerprint density at radius 3 is 2.42 bits per heavy atom. The molecule has 4 aliphatic carbocycles. The molecule has 0 aromatic rings. The Kier molecular flexibility index (Phi) is 5.84. The third-order valence-electron chi connectivity index (χ3n) is 10.4. The molecule has 0 bridgehead atoms. The largest absolute Gasteiger partial charge is 0.462 e. The van der Waals surface area contributed by atoms with Gasteiger partial charge in [0.1, 0.15) is 6.10 Å². The van der Waals surface area contributed by atoms with Gasteiger partial charge in [-0.05, 0) is 109 Å². The molecule has 0 aliphatic heterocycles. The maximum atomic E-state index is 12.5. The van der Waals surface area contributed by atoms with E-state index in [9.17, 15) is 20.1 Å². The topological polar surface area (TPSA) is 87.0 Å². The molecular formula is C26H44O5. The smallest absolute Gasteiger partial charge is 0.311 e. The second-order valence-electron chi connectivity index (χ2n) is 12.7. The van der Waals surface area contributed by atoms with Crippen LogP contribution in [0.5, 0.6) is 0 Å². The summed E-state index contributed by atoms with van der Waals surface area (Å²) in [4.78, 5) is 12.5. The van der Waals surface area contributed by atoms with Gasteiger partial charge in [-0.2, -0.15) is 0 Å². The van der Waals surface area contributed by atoms with E-state index in [1.807, 2.05) is 27.7 Å². The van der Waals surface area contributed by atoms with E-state index in [4.69, 9.17) is 4.74 Å². The fourth-order valence-electron chi connectivity index (χ4n) is 8.53. The Bertz CT molecular complexity index is 700. The second-order valence-corrected chi connectivity index (χ2v) is 12.7. The van der Waals surface area contributed by atoms with Crippen LogP contribution in [0.25, 0.3) is 0 Å². The molecule has 0 radical (unpaired) electrons. The van der Waals surface area contributed by atoms with Crippen molar-refractivity contribution in [3.05, 3.63) is 0 Å². The standard InChI is InChI=1S/C26H44O5/c1-16(31-22(29)23(2,3)4)19-10-13-26(30)21-7-6-17-14-18(28)8-12-25(17,15-27)20(21)9-11-24(19,26)5/h16-21,27-28,30H,6-15H2,1-5H3/t16-,17-,18-,19+,20-,21+,24+,25+,26-/m0/s1. The Labute approximate surface area is 187 Å². The maximum absolute atomic E-state index is 12.5. The fraction of sp³-hybridized carbons (Fsp3) is 0.962. The van der Waals surface area contributed by atoms with Crippen molar-refractivity contribution in [1.82, 2.24) is 0 Å². The van der Waals surface area contributed by atoms with Crippen LogP contribution in [0.15, 0.2) is 0 Å². The number of carbonyl (C=O) groups is 1. The minimum Gasteiger partial charge on any atom is -0.462 e. The highest BCUT2D eigenvalue weighted by atomic mass is 16.5. The van der Waals surface area contributed by atoms with Crippen LogP contribution in [0.4, 0.5) is 0 Å². The number of carbonyl (C=O) groups excluding carboxylic acids is 1. The quantitative estimate of drug-likeness (QED) is 0.581. The summed E-state index contributed by atoms with van der Waals surface area (Å²) < 4.78 is 5.91. The number of hydrogen-bond acceptors (Lipinski definition) is 5. The molecule has 0 unspecified atom stereocenters. The third-order valence-corrected chi connectivity index (χ3v) is 10.4. The van der Waals surface area contributed by atoms with E-state index in [1.165, 1.54) is 0 Å². The number of ether oxygens (including phenoxy) is 1. The summed E-state index contributed by atoms with van der Waals surface area (Å²) in [5, 5.41) is 33.1. The molecule has 0 saturated heterocycles. The molecule has 31 heavy (non-hydrogen) atoms. The molecule has 4 fully saturated rings. The number of fused-ring (bicyclic) bond motifs is 5. The number of esters is 1. The van der Waals surface area contributed by atoms with Gasteiger partial charge in [0.05, 0.1) is 17.1 Å². The van der Waals surface area contributed by atoms with Gasteiger partial charge in [0.15, 0.2) is 0 Å². The minimum atomic E-state index is -0.772. The molecule has 9 atom stereocenters. The predicted octanol–water partition coefficient (Wildman–Crippen LogP) is 4.07. The van der Waals surface area contributed by atoms with Crippen LogP contribution in [0.2, 0.25) is 0 Å². The molecule has 0 amide bonds. The van der Waals surface area contributed by atoms with Crippen molar-refractivity contribution in [2.24, 2.45) is 39.9 Å². The van der Waals surface area contributed by atoms with Crippen molar-refractivity contribution in [2.75, 3.05) is 6.61 Å². The Balaban J connectivity index is 1.59. The van der Waals surface area contributed by atoms with Crippen molar-refractivity contribution in [3.63, 3.8) is 0 Å². The second kappa shape index (κ2) is 7.70. The molecule has 0 aromatic heterocycles. The van der Waals surface area contributed by atoms with Crippen molar-refractivity contribution >= 4 is 5.97 Å². The molecule has 4 rings (SSSR count). The van der Waals surface area contributed by atoms with E-state index in [0.717, 1.165) is 57.8 Å². The lowest BCUT2D eigenvalue weighted by Crippen LogP contribution is -2.64. The summed E-state index contributed by atoms with van der Waals surface area (Å²) in [7, 11) is 0. The van der Waals surface area contributed by atoms with Crippen LogP contribution in [0.1, 0.15) is 92.4 Å². The van der Waals surface area contributed by atoms with E-state index in [1.54, 1.807) is 0 Å². The van der Waals surface area contributed by atoms with Crippen molar-refractivity contribution in [2.45, 2.75) is 110 Å². The lowest BCUT2D eigenvalue weighted by atomic mass is 9.43. The van der Waals surface area contributed by atoms with E-state index in [2.05, 4.69) is 6.92 Å². The first kappa shape index (κ1) is 23.5. The first-order chi connectivity index (χ1) is 14.4. The predicted molar refractivity (Wildman–Crippen MR) is 119 cm³/mol. The molecular weight excluding hydrogens is 392 g/mol. The zero-order chi connectivity index (χ0) is 22.8. The van der Waals surface area contributed by atoms with Crippen LogP contribution in [0.3, 0.4) is 0 Å². The average Bonchev–Trinajstić information content (AvgIpc) is 2.98. The summed E-state index contributed by atoms with van der Waals surface area (Å²) in [6.45, 7) is 10.0. The van der Waals surface area contributed by atoms with E-state index >= 15 is 0 Å². The fourth-order valence-corrected chi connectivity index (χ4v) is 8.53. The monoisotopic (exact) mass is 436 g/mol. The Morgan fingerprint density at radius 1 is 1.06 bits per heavy atom. The minimum absolute atomic E-state index is 0.151. The Hall–Kier alpha value is -0.650.